The monoisotopic (exact) mass is 345 g/mol. The molecule has 90 valence electrons. The summed E-state index contributed by atoms with van der Waals surface area (Å²) in [6.45, 7) is 0. The van der Waals surface area contributed by atoms with Crippen LogP contribution in [0.25, 0.3) is 11.0 Å². The first kappa shape index (κ1) is 12.8. The summed E-state index contributed by atoms with van der Waals surface area (Å²) < 4.78 is 37.5. The van der Waals surface area contributed by atoms with Gasteiger partial charge in [0.15, 0.2) is 10.8 Å². The highest BCUT2D eigenvalue weighted by Gasteiger charge is 2.35. The van der Waals surface area contributed by atoms with Crippen LogP contribution < -0.4 is 0 Å². The van der Waals surface area contributed by atoms with Crippen LogP contribution >= 0.6 is 39.1 Å². The molecule has 0 N–H and O–H groups in total. The highest BCUT2D eigenvalue weighted by Crippen LogP contribution is 2.35. The highest BCUT2D eigenvalue weighted by atomic mass is 79.9. The number of fused-ring (bicyclic) bond motifs is 1. The molecule has 17 heavy (non-hydrogen) atoms. The van der Waals surface area contributed by atoms with Gasteiger partial charge in [-0.15, -0.1) is 0 Å². The van der Waals surface area contributed by atoms with Gasteiger partial charge >= 0.3 is 6.18 Å². The molecule has 2 heterocycles. The van der Waals surface area contributed by atoms with Gasteiger partial charge in [0.1, 0.15) is 5.52 Å². The Morgan fingerprint density at radius 2 is 1.76 bits per heavy atom. The second-order valence-corrected chi connectivity index (χ2v) is 4.52. The maximum Gasteiger partial charge on any atom is 0.434 e. The molecule has 0 saturated carbocycles. The molecule has 0 radical (unpaired) electrons. The second kappa shape index (κ2) is 4.22. The molecule has 0 bridgehead atoms. The first-order valence-corrected chi connectivity index (χ1v) is 5.60. The topological polar surface area (TPSA) is 38.7 Å². The van der Waals surface area contributed by atoms with E-state index < -0.39 is 11.9 Å². The third-order valence-corrected chi connectivity index (χ3v) is 2.86. The summed E-state index contributed by atoms with van der Waals surface area (Å²) in [5.74, 6) is 0. The molecule has 0 atom stereocenters. The Bertz CT molecular complexity index is 603. The fourth-order valence-corrected chi connectivity index (χ4v) is 2.14. The van der Waals surface area contributed by atoms with Gasteiger partial charge in [0.2, 0.25) is 5.28 Å². The Hall–Kier alpha value is -0.660. The average Bonchev–Trinajstić information content (AvgIpc) is 2.13. The molecule has 0 unspecified atom stereocenters. The van der Waals surface area contributed by atoms with Crippen molar-refractivity contribution in [3.8, 4) is 0 Å². The molecule has 2 aromatic rings. The molecule has 2 rings (SSSR count). The van der Waals surface area contributed by atoms with Crippen LogP contribution in [0.15, 0.2) is 10.5 Å². The number of aromatic nitrogens is 3. The fourth-order valence-electron chi connectivity index (χ4n) is 1.17. The number of halogens is 6. The van der Waals surface area contributed by atoms with Gasteiger partial charge in [-0.05, 0) is 33.6 Å². The van der Waals surface area contributed by atoms with Crippen molar-refractivity contribution in [3.63, 3.8) is 0 Å². The van der Waals surface area contributed by atoms with Gasteiger partial charge < -0.3 is 0 Å². The van der Waals surface area contributed by atoms with Gasteiger partial charge in [-0.1, -0.05) is 11.6 Å². The summed E-state index contributed by atoms with van der Waals surface area (Å²) in [5, 5.41) is -0.381. The van der Waals surface area contributed by atoms with Crippen LogP contribution in [0.2, 0.25) is 10.4 Å². The van der Waals surface area contributed by atoms with Crippen LogP contribution in [-0.2, 0) is 6.18 Å². The maximum atomic E-state index is 12.6. The maximum absolute atomic E-state index is 12.6. The van der Waals surface area contributed by atoms with Crippen LogP contribution in [-0.4, -0.2) is 15.0 Å². The van der Waals surface area contributed by atoms with Gasteiger partial charge in [-0.3, -0.25) is 0 Å². The lowest BCUT2D eigenvalue weighted by molar-refractivity contribution is -0.141. The second-order valence-electron chi connectivity index (χ2n) is 2.97. The molecule has 9 heteroatoms. The zero-order valence-electron chi connectivity index (χ0n) is 7.69. The van der Waals surface area contributed by atoms with Crippen molar-refractivity contribution in [1.82, 2.24) is 15.0 Å². The van der Waals surface area contributed by atoms with E-state index in [4.69, 9.17) is 23.2 Å². The van der Waals surface area contributed by atoms with E-state index in [0.29, 0.717) is 0 Å². The number of nitrogens with zero attached hydrogens (tertiary/aromatic N) is 3. The van der Waals surface area contributed by atoms with E-state index in [9.17, 15) is 13.2 Å². The minimum atomic E-state index is -4.59. The Morgan fingerprint density at radius 3 is 2.35 bits per heavy atom. The number of pyridine rings is 1. The van der Waals surface area contributed by atoms with Crippen LogP contribution in [0.4, 0.5) is 13.2 Å². The van der Waals surface area contributed by atoms with Gasteiger partial charge in [-0.2, -0.15) is 13.2 Å². The van der Waals surface area contributed by atoms with E-state index in [1.54, 1.807) is 0 Å². The molecule has 0 aliphatic rings. The Labute approximate surface area is 111 Å². The summed E-state index contributed by atoms with van der Waals surface area (Å²) in [6, 6.07) is 1.14. The van der Waals surface area contributed by atoms with Crippen LogP contribution in [0, 0.1) is 0 Å². The molecule has 0 saturated heterocycles. The smallest absolute Gasteiger partial charge is 0.237 e. The molecule has 2 aromatic heterocycles. The molecule has 0 fully saturated rings. The molecule has 3 nitrogen and oxygen atoms in total. The van der Waals surface area contributed by atoms with Gasteiger partial charge in [-0.25, -0.2) is 15.0 Å². The van der Waals surface area contributed by atoms with Crippen molar-refractivity contribution in [3.05, 3.63) is 26.7 Å². The van der Waals surface area contributed by atoms with E-state index >= 15 is 0 Å². The minimum absolute atomic E-state index is 0.134. The van der Waals surface area contributed by atoms with Crippen molar-refractivity contribution >= 4 is 50.2 Å². The summed E-state index contributed by atoms with van der Waals surface area (Å²) >= 11 is 14.0. The highest BCUT2D eigenvalue weighted by molar-refractivity contribution is 9.10. The van der Waals surface area contributed by atoms with Gasteiger partial charge in [0.25, 0.3) is 0 Å². The summed E-state index contributed by atoms with van der Waals surface area (Å²) in [6.07, 6.45) is -4.59. The number of alkyl halides is 3. The Kier molecular flexibility index (Phi) is 3.17. The summed E-state index contributed by atoms with van der Waals surface area (Å²) in [5.41, 5.74) is -1.10. The lowest BCUT2D eigenvalue weighted by Gasteiger charge is -2.09. The zero-order valence-corrected chi connectivity index (χ0v) is 10.8. The zero-order chi connectivity index (χ0) is 12.8. The molecular weight excluding hydrogens is 346 g/mol. The molecule has 0 aliphatic heterocycles. The predicted molar refractivity (Wildman–Crippen MR) is 60.1 cm³/mol. The Morgan fingerprint density at radius 1 is 1.12 bits per heavy atom. The first-order valence-electron chi connectivity index (χ1n) is 4.05. The number of rotatable bonds is 0. The van der Waals surface area contributed by atoms with Crippen LogP contribution in [0.5, 0.6) is 0 Å². The van der Waals surface area contributed by atoms with Crippen molar-refractivity contribution in [1.29, 1.82) is 0 Å². The molecular formula is C8HBrCl2F3N3. The molecule has 0 amide bonds. The quantitative estimate of drug-likeness (QED) is 0.532. The van der Waals surface area contributed by atoms with Crippen LogP contribution in [0.1, 0.15) is 5.69 Å². The summed E-state index contributed by atoms with van der Waals surface area (Å²) in [4.78, 5) is 10.7. The molecule has 0 aliphatic carbocycles. The minimum Gasteiger partial charge on any atom is -0.237 e. The van der Waals surface area contributed by atoms with E-state index in [2.05, 4.69) is 30.9 Å². The third-order valence-electron chi connectivity index (χ3n) is 1.82. The SMILES string of the molecule is FC(F)(F)c1nc2c(Cl)nc(Cl)nc2cc1Br. The molecule has 0 aromatic carbocycles. The fraction of sp³-hybridized carbons (Fsp3) is 0.125. The average molecular weight is 347 g/mol. The largest absolute Gasteiger partial charge is 0.434 e. The van der Waals surface area contributed by atoms with Crippen molar-refractivity contribution in [2.45, 2.75) is 6.18 Å². The normalized spacial score (nSPS) is 12.1. The van der Waals surface area contributed by atoms with Crippen molar-refractivity contribution in [2.75, 3.05) is 0 Å². The van der Waals surface area contributed by atoms with E-state index in [1.807, 2.05) is 0 Å². The lowest BCUT2D eigenvalue weighted by atomic mass is 10.3. The van der Waals surface area contributed by atoms with E-state index in [0.717, 1.165) is 6.07 Å². The first-order chi connectivity index (χ1) is 7.79. The number of hydrogen-bond acceptors (Lipinski definition) is 3. The Balaban J connectivity index is 2.81. The van der Waals surface area contributed by atoms with Crippen molar-refractivity contribution in [2.24, 2.45) is 0 Å². The van der Waals surface area contributed by atoms with E-state index in [-0.39, 0.29) is 25.9 Å². The van der Waals surface area contributed by atoms with Gasteiger partial charge in [0, 0.05) is 0 Å². The van der Waals surface area contributed by atoms with Gasteiger partial charge in [0.05, 0.1) is 9.99 Å². The standard InChI is InChI=1S/C8HBrCl2F3N3/c9-2-1-3-4(6(10)17-7(11)15-3)16-5(2)8(12,13)14/h1H. The van der Waals surface area contributed by atoms with E-state index in [1.165, 1.54) is 0 Å². The summed E-state index contributed by atoms with van der Waals surface area (Å²) in [7, 11) is 0. The lowest BCUT2D eigenvalue weighted by Crippen LogP contribution is -2.09. The molecule has 0 spiro atoms. The third kappa shape index (κ3) is 2.46. The predicted octanol–water partition coefficient (Wildman–Crippen LogP) is 4.11. The van der Waals surface area contributed by atoms with Crippen LogP contribution in [0.3, 0.4) is 0 Å². The number of hydrogen-bond donors (Lipinski definition) is 0. The van der Waals surface area contributed by atoms with Crippen molar-refractivity contribution < 1.29 is 13.2 Å².